The molecule has 7 heteroatoms. The number of amides is 1. The Balaban J connectivity index is 2.51. The number of aliphatic hydroxyl groups is 1. The molecule has 0 aliphatic carbocycles. The van der Waals surface area contributed by atoms with Crippen LogP contribution in [-0.2, 0) is 9.84 Å². The Labute approximate surface area is 122 Å². The van der Waals surface area contributed by atoms with Crippen LogP contribution in [0.1, 0.15) is 27.9 Å². The van der Waals surface area contributed by atoms with E-state index in [1.54, 1.807) is 19.1 Å². The van der Waals surface area contributed by atoms with E-state index < -0.39 is 9.84 Å². The number of carbonyl (C=O) groups is 1. The van der Waals surface area contributed by atoms with Gasteiger partial charge in [-0.1, -0.05) is 18.8 Å². The molecule has 1 rings (SSSR count). The molecule has 110 valence electrons. The SMILES string of the molecule is CCS(=O)(=O)CCNC(=O)c1ccc(C#CCCO)s1. The first kappa shape index (κ1) is 16.7. The fourth-order valence-corrected chi connectivity index (χ4v) is 2.78. The standard InChI is InChI=1S/C13H17NO4S2/c1-2-20(17,18)10-8-14-13(16)12-7-6-11(19-12)5-3-4-9-15/h6-7,15H,2,4,8-10H2,1H3,(H,14,16). The zero-order chi connectivity index (χ0) is 15.0. The van der Waals surface area contributed by atoms with Gasteiger partial charge in [-0.15, -0.1) is 11.3 Å². The van der Waals surface area contributed by atoms with Crippen LogP contribution in [-0.4, -0.2) is 44.1 Å². The number of nitrogens with one attached hydrogen (secondary N) is 1. The molecule has 0 aromatic carbocycles. The van der Waals surface area contributed by atoms with Crippen LogP contribution in [0.25, 0.3) is 0 Å². The van der Waals surface area contributed by atoms with Gasteiger partial charge >= 0.3 is 0 Å². The Kier molecular flexibility index (Phi) is 6.71. The normalized spacial score (nSPS) is 10.7. The second-order valence-electron chi connectivity index (χ2n) is 3.93. The van der Waals surface area contributed by atoms with Crippen LogP contribution in [0.15, 0.2) is 12.1 Å². The molecule has 0 saturated heterocycles. The Morgan fingerprint density at radius 1 is 1.45 bits per heavy atom. The number of thiophene rings is 1. The van der Waals surface area contributed by atoms with Gasteiger partial charge in [0.05, 0.1) is 22.1 Å². The lowest BCUT2D eigenvalue weighted by molar-refractivity contribution is 0.0960. The van der Waals surface area contributed by atoms with Gasteiger partial charge in [-0.05, 0) is 12.1 Å². The van der Waals surface area contributed by atoms with Crippen LogP contribution in [0.2, 0.25) is 0 Å². The minimum Gasteiger partial charge on any atom is -0.395 e. The highest BCUT2D eigenvalue weighted by Gasteiger charge is 2.11. The summed E-state index contributed by atoms with van der Waals surface area (Å²) in [6.07, 6.45) is 0.397. The van der Waals surface area contributed by atoms with Crippen LogP contribution < -0.4 is 5.32 Å². The number of rotatable bonds is 6. The van der Waals surface area contributed by atoms with Crippen LogP contribution in [0.4, 0.5) is 0 Å². The average Bonchev–Trinajstić information content (AvgIpc) is 2.88. The number of hydrogen-bond donors (Lipinski definition) is 2. The first-order chi connectivity index (χ1) is 9.48. The van der Waals surface area contributed by atoms with E-state index >= 15 is 0 Å². The average molecular weight is 315 g/mol. The highest BCUT2D eigenvalue weighted by molar-refractivity contribution is 7.91. The summed E-state index contributed by atoms with van der Waals surface area (Å²) in [6.45, 7) is 1.70. The summed E-state index contributed by atoms with van der Waals surface area (Å²) in [7, 11) is -3.06. The predicted octanol–water partition coefficient (Wildman–Crippen LogP) is 0.647. The highest BCUT2D eigenvalue weighted by atomic mass is 32.2. The Morgan fingerprint density at radius 2 is 2.20 bits per heavy atom. The molecule has 2 N–H and O–H groups in total. The van der Waals surface area contributed by atoms with Crippen molar-refractivity contribution in [3.8, 4) is 11.8 Å². The first-order valence-electron chi connectivity index (χ1n) is 6.16. The lowest BCUT2D eigenvalue weighted by Crippen LogP contribution is -2.29. The zero-order valence-corrected chi connectivity index (χ0v) is 12.8. The van der Waals surface area contributed by atoms with E-state index in [0.717, 1.165) is 4.88 Å². The molecule has 1 aromatic heterocycles. The highest BCUT2D eigenvalue weighted by Crippen LogP contribution is 2.15. The van der Waals surface area contributed by atoms with Crippen molar-refractivity contribution < 1.29 is 18.3 Å². The van der Waals surface area contributed by atoms with Crippen LogP contribution in [0.5, 0.6) is 0 Å². The van der Waals surface area contributed by atoms with E-state index in [2.05, 4.69) is 17.2 Å². The summed E-state index contributed by atoms with van der Waals surface area (Å²) >= 11 is 1.24. The van der Waals surface area contributed by atoms with E-state index in [-0.39, 0.29) is 30.6 Å². The molecule has 0 aliphatic rings. The van der Waals surface area contributed by atoms with E-state index in [1.165, 1.54) is 11.3 Å². The Hall–Kier alpha value is -1.36. The number of carbonyl (C=O) groups excluding carboxylic acids is 1. The number of aliphatic hydroxyl groups excluding tert-OH is 1. The van der Waals surface area contributed by atoms with Crippen LogP contribution in [0.3, 0.4) is 0 Å². The molecule has 0 spiro atoms. The molecule has 0 saturated carbocycles. The molecule has 0 radical (unpaired) electrons. The minimum absolute atomic E-state index is 0.0115. The molecular weight excluding hydrogens is 298 g/mol. The summed E-state index contributed by atoms with van der Waals surface area (Å²) < 4.78 is 22.6. The van der Waals surface area contributed by atoms with Crippen molar-refractivity contribution in [2.24, 2.45) is 0 Å². The summed E-state index contributed by atoms with van der Waals surface area (Å²) in [6, 6.07) is 3.38. The van der Waals surface area contributed by atoms with Gasteiger partial charge in [0.1, 0.15) is 0 Å². The third kappa shape index (κ3) is 5.74. The van der Waals surface area contributed by atoms with Crippen LogP contribution in [0, 0.1) is 11.8 Å². The molecule has 0 aliphatic heterocycles. The molecule has 1 heterocycles. The van der Waals surface area contributed by atoms with Gasteiger partial charge in [0.25, 0.3) is 5.91 Å². The smallest absolute Gasteiger partial charge is 0.261 e. The third-order valence-corrected chi connectivity index (χ3v) is 5.12. The van der Waals surface area contributed by atoms with Crippen LogP contribution >= 0.6 is 11.3 Å². The maximum absolute atomic E-state index is 11.8. The predicted molar refractivity (Wildman–Crippen MR) is 79.6 cm³/mol. The maximum Gasteiger partial charge on any atom is 0.261 e. The molecule has 20 heavy (non-hydrogen) atoms. The molecule has 0 unspecified atom stereocenters. The molecule has 0 atom stereocenters. The van der Waals surface area contributed by atoms with Gasteiger partial charge in [-0.25, -0.2) is 8.42 Å². The fraction of sp³-hybridized carbons (Fsp3) is 0.462. The largest absolute Gasteiger partial charge is 0.395 e. The fourth-order valence-electron chi connectivity index (χ4n) is 1.28. The Bertz CT molecular complexity index is 608. The van der Waals surface area contributed by atoms with Gasteiger partial charge in [0, 0.05) is 18.7 Å². The lowest BCUT2D eigenvalue weighted by atomic mass is 10.4. The summed E-state index contributed by atoms with van der Waals surface area (Å²) in [5.41, 5.74) is 0. The molecular formula is C13H17NO4S2. The summed E-state index contributed by atoms with van der Waals surface area (Å²) in [5, 5.41) is 11.2. The summed E-state index contributed by atoms with van der Waals surface area (Å²) in [5.74, 6) is 5.35. The number of hydrogen-bond acceptors (Lipinski definition) is 5. The lowest BCUT2D eigenvalue weighted by Gasteiger charge is -2.03. The van der Waals surface area contributed by atoms with E-state index in [4.69, 9.17) is 5.11 Å². The van der Waals surface area contributed by atoms with Crippen molar-refractivity contribution in [3.63, 3.8) is 0 Å². The molecule has 0 bridgehead atoms. The van der Waals surface area contributed by atoms with Gasteiger partial charge in [-0.3, -0.25) is 4.79 Å². The molecule has 1 aromatic rings. The van der Waals surface area contributed by atoms with Crippen molar-refractivity contribution >= 4 is 27.1 Å². The minimum atomic E-state index is -3.06. The number of sulfone groups is 1. The quantitative estimate of drug-likeness (QED) is 0.755. The van der Waals surface area contributed by atoms with E-state index in [9.17, 15) is 13.2 Å². The van der Waals surface area contributed by atoms with Crippen molar-refractivity contribution in [2.45, 2.75) is 13.3 Å². The Morgan fingerprint density at radius 3 is 2.85 bits per heavy atom. The second-order valence-corrected chi connectivity index (χ2v) is 7.49. The van der Waals surface area contributed by atoms with E-state index in [1.807, 2.05) is 0 Å². The van der Waals surface area contributed by atoms with Crippen molar-refractivity contribution in [1.29, 1.82) is 0 Å². The third-order valence-electron chi connectivity index (χ3n) is 2.42. The summed E-state index contributed by atoms with van der Waals surface area (Å²) in [4.78, 5) is 13.0. The zero-order valence-electron chi connectivity index (χ0n) is 11.2. The van der Waals surface area contributed by atoms with Crippen molar-refractivity contribution in [2.75, 3.05) is 24.7 Å². The maximum atomic E-state index is 11.8. The van der Waals surface area contributed by atoms with Gasteiger partial charge in [0.2, 0.25) is 0 Å². The van der Waals surface area contributed by atoms with Crippen molar-refractivity contribution in [1.82, 2.24) is 5.32 Å². The monoisotopic (exact) mass is 315 g/mol. The first-order valence-corrected chi connectivity index (χ1v) is 8.80. The topological polar surface area (TPSA) is 83.5 Å². The molecule has 0 fully saturated rings. The molecule has 1 amide bonds. The van der Waals surface area contributed by atoms with E-state index in [0.29, 0.717) is 11.3 Å². The van der Waals surface area contributed by atoms with Gasteiger partial charge < -0.3 is 10.4 Å². The van der Waals surface area contributed by atoms with Crippen molar-refractivity contribution in [3.05, 3.63) is 21.9 Å². The van der Waals surface area contributed by atoms with Gasteiger partial charge in [0.15, 0.2) is 9.84 Å². The second kappa shape index (κ2) is 8.04. The molecule has 5 nitrogen and oxygen atoms in total. The van der Waals surface area contributed by atoms with Gasteiger partial charge in [-0.2, -0.15) is 0 Å².